The van der Waals surface area contributed by atoms with E-state index < -0.39 is 8.07 Å². The number of hydrogen-bond donors (Lipinski definition) is 0. The van der Waals surface area contributed by atoms with E-state index in [9.17, 15) is 0 Å². The molecule has 0 heterocycles. The molecule has 1 aliphatic carbocycles. The van der Waals surface area contributed by atoms with Crippen LogP contribution < -0.4 is 47.6 Å². The minimum atomic E-state index is -2.02. The summed E-state index contributed by atoms with van der Waals surface area (Å²) in [5.74, 6) is 0. The number of hydrogen-bond acceptors (Lipinski definition) is 0. The van der Waals surface area contributed by atoms with Crippen molar-refractivity contribution in [2.45, 2.75) is 39.3 Å². The molecule has 27 heavy (non-hydrogen) atoms. The molecule has 3 rings (SSSR count). The quantitative estimate of drug-likeness (QED) is 0.399. The molecule has 2 aromatic rings. The van der Waals surface area contributed by atoms with Gasteiger partial charge >= 0.3 is 159 Å². The van der Waals surface area contributed by atoms with Gasteiger partial charge in [0.15, 0.2) is 0 Å². The van der Waals surface area contributed by atoms with Crippen LogP contribution in [0.1, 0.15) is 27.7 Å². The predicted molar refractivity (Wildman–Crippen MR) is 103 cm³/mol. The summed E-state index contributed by atoms with van der Waals surface area (Å²) in [5.41, 5.74) is 4.53. The minimum absolute atomic E-state index is 0. The Balaban J connectivity index is 0.00000225. The average molecular weight is 472 g/mol. The fourth-order valence-corrected chi connectivity index (χ4v) is 10.9. The second-order valence-electron chi connectivity index (χ2n) is 7.23. The Labute approximate surface area is 195 Å². The van der Waals surface area contributed by atoms with Gasteiger partial charge in [-0.15, -0.1) is 0 Å². The summed E-state index contributed by atoms with van der Waals surface area (Å²) in [6.07, 6.45) is 0. The third-order valence-electron chi connectivity index (χ3n) is 6.45. The molecule has 0 saturated carbocycles. The first-order valence-electron chi connectivity index (χ1n) is 8.57. The minimum Gasteiger partial charge on any atom is -1.00 e. The van der Waals surface area contributed by atoms with Crippen LogP contribution in [-0.4, -0.2) is 8.07 Å². The molecular formula is C22H25Cl3SiTi. The van der Waals surface area contributed by atoms with Crippen LogP contribution >= 0.6 is 0 Å². The molecule has 0 saturated heterocycles. The largest absolute Gasteiger partial charge is 1.00 e. The van der Waals surface area contributed by atoms with Gasteiger partial charge in [0.2, 0.25) is 0 Å². The van der Waals surface area contributed by atoms with E-state index in [1.165, 1.54) is 21.5 Å². The first-order valence-corrected chi connectivity index (χ1v) is 11.9. The molecule has 0 aromatic heterocycles. The van der Waals surface area contributed by atoms with E-state index in [1.54, 1.807) is 9.45 Å². The zero-order chi connectivity index (χ0) is 17.5. The molecule has 0 radical (unpaired) electrons. The fourth-order valence-electron chi connectivity index (χ4n) is 4.32. The van der Waals surface area contributed by atoms with Gasteiger partial charge in [0.05, 0.1) is 0 Å². The monoisotopic (exact) mass is 470 g/mol. The molecule has 2 aromatic carbocycles. The number of benzene rings is 2. The molecule has 1 atom stereocenters. The van der Waals surface area contributed by atoms with E-state index in [1.807, 2.05) is 0 Å². The SMILES string of the molecule is CC1=C(C)C(C)([Si](C)(c2ccccc2)c2ccccc2)[C]([Ti+3])=C1C.[Cl-].[Cl-].[Cl-]. The van der Waals surface area contributed by atoms with Crippen LogP contribution in [0.15, 0.2) is 81.3 Å². The third-order valence-corrected chi connectivity index (χ3v) is 13.8. The van der Waals surface area contributed by atoms with E-state index >= 15 is 0 Å². The van der Waals surface area contributed by atoms with Crippen molar-refractivity contribution >= 4 is 18.4 Å². The second kappa shape index (κ2) is 9.96. The van der Waals surface area contributed by atoms with Gasteiger partial charge in [0.1, 0.15) is 0 Å². The maximum Gasteiger partial charge on any atom is -1.00 e. The molecule has 1 unspecified atom stereocenters. The summed E-state index contributed by atoms with van der Waals surface area (Å²) in [7, 11) is -2.02. The zero-order valence-corrected chi connectivity index (χ0v) is 21.2. The molecule has 1 aliphatic rings. The summed E-state index contributed by atoms with van der Waals surface area (Å²) in [6.45, 7) is 12.0. The van der Waals surface area contributed by atoms with Gasteiger partial charge in [-0.05, 0) is 0 Å². The van der Waals surface area contributed by atoms with Gasteiger partial charge in [-0.1, -0.05) is 0 Å². The van der Waals surface area contributed by atoms with Gasteiger partial charge in [0, 0.05) is 0 Å². The van der Waals surface area contributed by atoms with Crippen molar-refractivity contribution in [2.75, 3.05) is 0 Å². The first kappa shape index (κ1) is 26.7. The number of allylic oxidation sites excluding steroid dienone is 4. The van der Waals surface area contributed by atoms with E-state index in [0.717, 1.165) is 0 Å². The summed E-state index contributed by atoms with van der Waals surface area (Å²) < 4.78 is 1.55. The Hall–Kier alpha value is -0.279. The van der Waals surface area contributed by atoms with Gasteiger partial charge < -0.3 is 37.2 Å². The van der Waals surface area contributed by atoms with Gasteiger partial charge in [-0.25, -0.2) is 0 Å². The van der Waals surface area contributed by atoms with Crippen LogP contribution in [0.4, 0.5) is 0 Å². The Morgan fingerprint density at radius 3 is 1.37 bits per heavy atom. The van der Waals surface area contributed by atoms with Crippen LogP contribution in [0.2, 0.25) is 11.6 Å². The standard InChI is InChI=1S/C22H25Si.3ClH.Ti/c1-17-16-22(4,19(3)18(17)2)23(5,20-12-8-6-9-13-20)21-14-10-7-11-15-21;;;;/h6-15H,1-5H3;3*1H;/q;;;;+3/p-3. The summed E-state index contributed by atoms with van der Waals surface area (Å²) >= 11 is 2.35. The number of halogens is 3. The summed E-state index contributed by atoms with van der Waals surface area (Å²) in [6, 6.07) is 22.4. The molecule has 0 bridgehead atoms. The van der Waals surface area contributed by atoms with Crippen molar-refractivity contribution in [1.29, 1.82) is 0 Å². The Morgan fingerprint density at radius 2 is 1.07 bits per heavy atom. The predicted octanol–water partition coefficient (Wildman–Crippen LogP) is -4.18. The van der Waals surface area contributed by atoms with Crippen LogP contribution in [0, 0.1) is 0 Å². The Morgan fingerprint density at radius 1 is 0.704 bits per heavy atom. The molecule has 0 N–H and O–H groups in total. The number of rotatable bonds is 3. The summed E-state index contributed by atoms with van der Waals surface area (Å²) in [4.78, 5) is 0. The van der Waals surface area contributed by atoms with Gasteiger partial charge in [0.25, 0.3) is 0 Å². The first-order chi connectivity index (χ1) is 11.3. The Kier molecular flexibility index (Phi) is 9.86. The molecule has 0 aliphatic heterocycles. The maximum atomic E-state index is 2.55. The summed E-state index contributed by atoms with van der Waals surface area (Å²) in [5, 5.41) is 3.14. The van der Waals surface area contributed by atoms with E-state index in [2.05, 4.69) is 115 Å². The van der Waals surface area contributed by atoms with Gasteiger partial charge in [-0.2, -0.15) is 0 Å². The van der Waals surface area contributed by atoms with Gasteiger partial charge in [-0.3, -0.25) is 0 Å². The molecule has 0 nitrogen and oxygen atoms in total. The fraction of sp³-hybridized carbons (Fsp3) is 0.273. The van der Waals surface area contributed by atoms with Crippen molar-refractivity contribution in [3.63, 3.8) is 0 Å². The smallest absolute Gasteiger partial charge is 1.00 e. The zero-order valence-electron chi connectivity index (χ0n) is 16.4. The van der Waals surface area contributed by atoms with Crippen LogP contribution in [-0.2, 0) is 20.4 Å². The second-order valence-corrected chi connectivity index (χ2v) is 12.4. The average Bonchev–Trinajstić information content (AvgIpc) is 2.79. The van der Waals surface area contributed by atoms with Crippen LogP contribution in [0.5, 0.6) is 0 Å². The molecule has 0 fully saturated rings. The van der Waals surface area contributed by atoms with E-state index in [0.29, 0.717) is 0 Å². The molecule has 142 valence electrons. The molecule has 0 spiro atoms. The Bertz CT molecular complexity index is 766. The van der Waals surface area contributed by atoms with Crippen molar-refractivity contribution in [3.8, 4) is 0 Å². The maximum absolute atomic E-state index is 2.55. The topological polar surface area (TPSA) is 0 Å². The van der Waals surface area contributed by atoms with Crippen LogP contribution in [0.3, 0.4) is 0 Å². The van der Waals surface area contributed by atoms with Crippen molar-refractivity contribution in [1.82, 2.24) is 0 Å². The van der Waals surface area contributed by atoms with Crippen molar-refractivity contribution < 1.29 is 57.7 Å². The van der Waals surface area contributed by atoms with E-state index in [4.69, 9.17) is 0 Å². The van der Waals surface area contributed by atoms with Crippen molar-refractivity contribution in [2.24, 2.45) is 0 Å². The van der Waals surface area contributed by atoms with E-state index in [-0.39, 0.29) is 42.3 Å². The molecular weight excluding hydrogens is 447 g/mol. The molecule has 0 amide bonds. The third kappa shape index (κ3) is 3.93. The van der Waals surface area contributed by atoms with Crippen molar-refractivity contribution in [3.05, 3.63) is 81.3 Å². The molecule has 5 heteroatoms. The normalized spacial score (nSPS) is 19.2. The van der Waals surface area contributed by atoms with Crippen LogP contribution in [0.25, 0.3) is 0 Å².